The molecule has 0 unspecified atom stereocenters. The van der Waals surface area contributed by atoms with Crippen molar-refractivity contribution in [2.75, 3.05) is 29.9 Å². The van der Waals surface area contributed by atoms with Gasteiger partial charge in [-0.1, -0.05) is 6.92 Å². The molecule has 6 heteroatoms. The van der Waals surface area contributed by atoms with Crippen LogP contribution in [0.2, 0.25) is 0 Å². The second-order valence-corrected chi connectivity index (χ2v) is 7.95. The standard InChI is InChI=1S/C20H30N4O2/c1-6-16-18(22(5)19(25)26-20(2,3)4)17-14-15(10-13-24(17)21-16)23-11-8-7-9-12-23/h10,13-14H,6-9,11-12H2,1-5H3. The van der Waals surface area contributed by atoms with Gasteiger partial charge in [0.1, 0.15) is 5.60 Å². The number of rotatable bonds is 3. The zero-order chi connectivity index (χ0) is 18.9. The second kappa shape index (κ2) is 7.17. The number of amides is 1. The molecule has 0 bridgehead atoms. The van der Waals surface area contributed by atoms with E-state index in [1.54, 1.807) is 11.9 Å². The SMILES string of the molecule is CCc1nn2ccc(N3CCCCC3)cc2c1N(C)C(=O)OC(C)(C)C. The highest BCUT2D eigenvalue weighted by Crippen LogP contribution is 2.31. The summed E-state index contributed by atoms with van der Waals surface area (Å²) in [5, 5.41) is 4.67. The molecular formula is C20H30N4O2. The first-order valence-electron chi connectivity index (χ1n) is 9.53. The Bertz CT molecular complexity index is 785. The van der Waals surface area contributed by atoms with E-state index in [2.05, 4.69) is 29.1 Å². The van der Waals surface area contributed by atoms with Crippen molar-refractivity contribution in [1.29, 1.82) is 0 Å². The molecule has 1 aliphatic heterocycles. The van der Waals surface area contributed by atoms with Gasteiger partial charge in [0, 0.05) is 32.0 Å². The van der Waals surface area contributed by atoms with Crippen molar-refractivity contribution in [3.8, 4) is 0 Å². The summed E-state index contributed by atoms with van der Waals surface area (Å²) in [6.45, 7) is 9.86. The Morgan fingerprint density at radius 1 is 1.27 bits per heavy atom. The summed E-state index contributed by atoms with van der Waals surface area (Å²) in [7, 11) is 1.76. The number of ether oxygens (including phenoxy) is 1. The van der Waals surface area contributed by atoms with Crippen molar-refractivity contribution < 1.29 is 9.53 Å². The molecule has 1 aliphatic rings. The van der Waals surface area contributed by atoms with Gasteiger partial charge in [-0.05, 0) is 58.6 Å². The highest BCUT2D eigenvalue weighted by molar-refractivity contribution is 5.94. The van der Waals surface area contributed by atoms with Gasteiger partial charge in [-0.3, -0.25) is 4.90 Å². The number of aromatic nitrogens is 2. The number of anilines is 2. The van der Waals surface area contributed by atoms with Gasteiger partial charge >= 0.3 is 6.09 Å². The van der Waals surface area contributed by atoms with Crippen molar-refractivity contribution in [2.24, 2.45) is 0 Å². The molecule has 1 saturated heterocycles. The minimum absolute atomic E-state index is 0.356. The van der Waals surface area contributed by atoms with Crippen LogP contribution < -0.4 is 9.80 Å². The van der Waals surface area contributed by atoms with Crippen LogP contribution in [0.5, 0.6) is 0 Å². The molecule has 0 aromatic carbocycles. The number of aryl methyl sites for hydroxylation is 1. The lowest BCUT2D eigenvalue weighted by atomic mass is 10.1. The third-order valence-electron chi connectivity index (χ3n) is 4.72. The summed E-state index contributed by atoms with van der Waals surface area (Å²) >= 11 is 0. The lowest BCUT2D eigenvalue weighted by Crippen LogP contribution is -2.34. The van der Waals surface area contributed by atoms with Gasteiger partial charge in [0.25, 0.3) is 0 Å². The Hall–Kier alpha value is -2.24. The summed E-state index contributed by atoms with van der Waals surface area (Å²) < 4.78 is 7.42. The fraction of sp³-hybridized carbons (Fsp3) is 0.600. The summed E-state index contributed by atoms with van der Waals surface area (Å²) in [6, 6.07) is 4.26. The maximum absolute atomic E-state index is 12.6. The van der Waals surface area contributed by atoms with Gasteiger partial charge in [-0.2, -0.15) is 5.10 Å². The lowest BCUT2D eigenvalue weighted by Gasteiger charge is -2.29. The molecule has 2 aromatic heterocycles. The summed E-state index contributed by atoms with van der Waals surface area (Å²) in [4.78, 5) is 16.6. The number of nitrogens with zero attached hydrogens (tertiary/aromatic N) is 4. The van der Waals surface area contributed by atoms with Gasteiger partial charge in [-0.15, -0.1) is 0 Å². The maximum Gasteiger partial charge on any atom is 0.414 e. The molecule has 0 radical (unpaired) electrons. The number of hydrogen-bond acceptors (Lipinski definition) is 4. The van der Waals surface area contributed by atoms with E-state index in [0.29, 0.717) is 0 Å². The first-order chi connectivity index (χ1) is 12.3. The fourth-order valence-electron chi connectivity index (χ4n) is 3.44. The van der Waals surface area contributed by atoms with Crippen LogP contribution in [0.15, 0.2) is 18.3 Å². The van der Waals surface area contributed by atoms with Crippen molar-refractivity contribution in [2.45, 2.75) is 59.0 Å². The monoisotopic (exact) mass is 358 g/mol. The number of hydrogen-bond donors (Lipinski definition) is 0. The van der Waals surface area contributed by atoms with Crippen LogP contribution in [0.3, 0.4) is 0 Å². The summed E-state index contributed by atoms with van der Waals surface area (Å²) in [5.41, 5.74) is 3.34. The van der Waals surface area contributed by atoms with E-state index >= 15 is 0 Å². The minimum atomic E-state index is -0.528. The predicted molar refractivity (Wildman–Crippen MR) is 105 cm³/mol. The third-order valence-corrected chi connectivity index (χ3v) is 4.72. The molecule has 0 atom stereocenters. The Balaban J connectivity index is 2.00. The van der Waals surface area contributed by atoms with E-state index in [0.717, 1.165) is 36.4 Å². The van der Waals surface area contributed by atoms with Crippen molar-refractivity contribution in [3.05, 3.63) is 24.0 Å². The molecule has 1 fully saturated rings. The molecular weight excluding hydrogens is 328 g/mol. The van der Waals surface area contributed by atoms with E-state index < -0.39 is 5.60 Å². The Morgan fingerprint density at radius 2 is 1.96 bits per heavy atom. The molecule has 3 rings (SSSR count). The lowest BCUT2D eigenvalue weighted by molar-refractivity contribution is 0.0589. The normalized spacial score (nSPS) is 15.3. The van der Waals surface area contributed by atoms with Gasteiger partial charge in [0.05, 0.1) is 16.9 Å². The molecule has 0 aliphatic carbocycles. The first-order valence-corrected chi connectivity index (χ1v) is 9.53. The highest BCUT2D eigenvalue weighted by atomic mass is 16.6. The average Bonchev–Trinajstić information content (AvgIpc) is 2.98. The number of carbonyl (C=O) groups excluding carboxylic acids is 1. The molecule has 0 N–H and O–H groups in total. The molecule has 0 saturated carbocycles. The average molecular weight is 358 g/mol. The predicted octanol–water partition coefficient (Wildman–Crippen LogP) is 4.26. The fourth-order valence-corrected chi connectivity index (χ4v) is 3.44. The van der Waals surface area contributed by atoms with Crippen LogP contribution in [0.4, 0.5) is 16.2 Å². The van der Waals surface area contributed by atoms with Crippen LogP contribution in [0.1, 0.15) is 52.7 Å². The highest BCUT2D eigenvalue weighted by Gasteiger charge is 2.25. The zero-order valence-corrected chi connectivity index (χ0v) is 16.6. The summed E-state index contributed by atoms with van der Waals surface area (Å²) in [5.74, 6) is 0. The zero-order valence-electron chi connectivity index (χ0n) is 16.6. The number of piperidine rings is 1. The summed E-state index contributed by atoms with van der Waals surface area (Å²) in [6.07, 6.45) is 6.15. The van der Waals surface area contributed by atoms with Crippen LogP contribution in [-0.4, -0.2) is 41.4 Å². The molecule has 0 spiro atoms. The molecule has 1 amide bonds. The van der Waals surface area contributed by atoms with Crippen LogP contribution in [0.25, 0.3) is 5.52 Å². The van der Waals surface area contributed by atoms with Crippen LogP contribution in [-0.2, 0) is 11.2 Å². The van der Waals surface area contributed by atoms with E-state index in [9.17, 15) is 4.79 Å². The maximum atomic E-state index is 12.6. The van der Waals surface area contributed by atoms with Crippen molar-refractivity contribution in [3.63, 3.8) is 0 Å². The van der Waals surface area contributed by atoms with Gasteiger partial charge in [0.15, 0.2) is 0 Å². The van der Waals surface area contributed by atoms with Crippen molar-refractivity contribution in [1.82, 2.24) is 9.61 Å². The molecule has 3 heterocycles. The number of carbonyl (C=O) groups is 1. The van der Waals surface area contributed by atoms with Crippen molar-refractivity contribution >= 4 is 23.0 Å². The largest absolute Gasteiger partial charge is 0.443 e. The van der Waals surface area contributed by atoms with Crippen LogP contribution >= 0.6 is 0 Å². The topological polar surface area (TPSA) is 50.1 Å². The van der Waals surface area contributed by atoms with Gasteiger partial charge in [-0.25, -0.2) is 9.31 Å². The van der Waals surface area contributed by atoms with E-state index in [-0.39, 0.29) is 6.09 Å². The molecule has 142 valence electrons. The molecule has 2 aromatic rings. The Labute approximate surface area is 155 Å². The van der Waals surface area contributed by atoms with Crippen LogP contribution in [0, 0.1) is 0 Å². The van der Waals surface area contributed by atoms with Gasteiger partial charge < -0.3 is 9.64 Å². The molecule has 26 heavy (non-hydrogen) atoms. The Morgan fingerprint density at radius 3 is 2.58 bits per heavy atom. The second-order valence-electron chi connectivity index (χ2n) is 7.95. The Kier molecular flexibility index (Phi) is 5.12. The minimum Gasteiger partial charge on any atom is -0.443 e. The third kappa shape index (κ3) is 3.79. The molecule has 6 nitrogen and oxygen atoms in total. The van der Waals surface area contributed by atoms with Gasteiger partial charge in [0.2, 0.25) is 0 Å². The first kappa shape index (κ1) is 18.5. The van der Waals surface area contributed by atoms with E-state index in [4.69, 9.17) is 4.74 Å². The number of pyridine rings is 1. The van der Waals surface area contributed by atoms with E-state index in [1.165, 1.54) is 24.9 Å². The number of fused-ring (bicyclic) bond motifs is 1. The van der Waals surface area contributed by atoms with E-state index in [1.807, 2.05) is 31.5 Å². The smallest absolute Gasteiger partial charge is 0.414 e. The quantitative estimate of drug-likeness (QED) is 0.823.